The Morgan fingerprint density at radius 1 is 1.24 bits per heavy atom. The predicted octanol–water partition coefficient (Wildman–Crippen LogP) is 1.88. The summed E-state index contributed by atoms with van der Waals surface area (Å²) >= 11 is 0. The molecule has 1 N–H and O–H groups in total. The molecule has 2 heterocycles. The predicted molar refractivity (Wildman–Crippen MR) is 71.3 cm³/mol. The van der Waals surface area contributed by atoms with Crippen LogP contribution >= 0.6 is 0 Å². The summed E-state index contributed by atoms with van der Waals surface area (Å²) in [5, 5.41) is 3.68. The molecule has 2 atom stereocenters. The highest BCUT2D eigenvalue weighted by molar-refractivity contribution is 4.82. The van der Waals surface area contributed by atoms with E-state index in [0.29, 0.717) is 6.10 Å². The summed E-state index contributed by atoms with van der Waals surface area (Å²) < 4.78 is 5.42. The van der Waals surface area contributed by atoms with Crippen LogP contribution in [0.4, 0.5) is 0 Å². The first-order valence-electron chi connectivity index (χ1n) is 7.30. The second-order valence-electron chi connectivity index (χ2n) is 5.69. The maximum absolute atomic E-state index is 5.42. The minimum absolute atomic E-state index is 0.508. The number of likely N-dealkylation sites (tertiary alicyclic amines) is 1. The van der Waals surface area contributed by atoms with Crippen molar-refractivity contribution in [3.05, 3.63) is 0 Å². The highest BCUT2D eigenvalue weighted by Crippen LogP contribution is 2.21. The summed E-state index contributed by atoms with van der Waals surface area (Å²) in [4.78, 5) is 2.62. The second-order valence-corrected chi connectivity index (χ2v) is 5.69. The van der Waals surface area contributed by atoms with E-state index in [4.69, 9.17) is 4.74 Å². The molecular formula is C14H28N2O. The third-order valence-electron chi connectivity index (χ3n) is 4.53. The van der Waals surface area contributed by atoms with Gasteiger partial charge in [-0.25, -0.2) is 0 Å². The summed E-state index contributed by atoms with van der Waals surface area (Å²) in [6, 6.07) is 0.729. The number of hydrogen-bond acceptors (Lipinski definition) is 3. The van der Waals surface area contributed by atoms with Crippen molar-refractivity contribution < 1.29 is 4.74 Å². The number of piperidine rings is 2. The third kappa shape index (κ3) is 3.94. The van der Waals surface area contributed by atoms with Gasteiger partial charge in [-0.05, 0) is 38.1 Å². The van der Waals surface area contributed by atoms with Crippen molar-refractivity contribution in [2.45, 2.75) is 51.2 Å². The number of nitrogens with zero attached hydrogens (tertiary/aromatic N) is 1. The van der Waals surface area contributed by atoms with Gasteiger partial charge in [0.1, 0.15) is 0 Å². The minimum atomic E-state index is 0.508. The van der Waals surface area contributed by atoms with Gasteiger partial charge in [-0.15, -0.1) is 0 Å². The van der Waals surface area contributed by atoms with E-state index in [9.17, 15) is 0 Å². The number of rotatable bonds is 4. The van der Waals surface area contributed by atoms with Gasteiger partial charge in [0.05, 0.1) is 6.10 Å². The zero-order chi connectivity index (χ0) is 12.1. The standard InChI is InChI=1S/C14H28N2O/c1-3-12-4-7-15-13(10-12)11-16-8-5-14(17-2)6-9-16/h12-15H,3-11H2,1-2H3. The van der Waals surface area contributed by atoms with E-state index in [2.05, 4.69) is 17.1 Å². The van der Waals surface area contributed by atoms with E-state index >= 15 is 0 Å². The van der Waals surface area contributed by atoms with Gasteiger partial charge >= 0.3 is 0 Å². The second kappa shape index (κ2) is 6.72. The molecule has 2 aliphatic heterocycles. The van der Waals surface area contributed by atoms with Crippen molar-refractivity contribution in [2.75, 3.05) is 33.3 Å². The molecule has 0 radical (unpaired) electrons. The third-order valence-corrected chi connectivity index (χ3v) is 4.53. The zero-order valence-corrected chi connectivity index (χ0v) is 11.5. The van der Waals surface area contributed by atoms with Crippen LogP contribution in [-0.4, -0.2) is 50.3 Å². The van der Waals surface area contributed by atoms with Crippen molar-refractivity contribution in [3.63, 3.8) is 0 Å². The van der Waals surface area contributed by atoms with Crippen LogP contribution in [0.3, 0.4) is 0 Å². The van der Waals surface area contributed by atoms with Crippen LogP contribution in [-0.2, 0) is 4.74 Å². The Balaban J connectivity index is 1.70. The molecule has 0 amide bonds. The normalized spacial score (nSPS) is 32.8. The molecule has 0 aromatic rings. The lowest BCUT2D eigenvalue weighted by Crippen LogP contribution is -2.48. The molecule has 3 nitrogen and oxygen atoms in total. The lowest BCUT2D eigenvalue weighted by atomic mass is 9.90. The van der Waals surface area contributed by atoms with Crippen molar-refractivity contribution in [2.24, 2.45) is 5.92 Å². The Bertz CT molecular complexity index is 214. The molecule has 2 fully saturated rings. The van der Waals surface area contributed by atoms with Gasteiger partial charge in [0.2, 0.25) is 0 Å². The van der Waals surface area contributed by atoms with E-state index in [-0.39, 0.29) is 0 Å². The Labute approximate surface area is 106 Å². The molecule has 0 bridgehead atoms. The van der Waals surface area contributed by atoms with Crippen LogP contribution in [0.5, 0.6) is 0 Å². The molecule has 0 spiro atoms. The van der Waals surface area contributed by atoms with E-state index in [1.165, 1.54) is 58.3 Å². The Hall–Kier alpha value is -0.120. The van der Waals surface area contributed by atoms with Crippen LogP contribution in [0.2, 0.25) is 0 Å². The molecule has 2 aliphatic rings. The summed E-state index contributed by atoms with van der Waals surface area (Å²) in [6.45, 7) is 7.22. The fraction of sp³-hybridized carbons (Fsp3) is 1.00. The van der Waals surface area contributed by atoms with Crippen LogP contribution < -0.4 is 5.32 Å². The summed E-state index contributed by atoms with van der Waals surface area (Å²) in [7, 11) is 1.84. The first kappa shape index (κ1) is 13.3. The van der Waals surface area contributed by atoms with Gasteiger partial charge in [-0.1, -0.05) is 13.3 Å². The van der Waals surface area contributed by atoms with Gasteiger partial charge in [0.25, 0.3) is 0 Å². The Kier molecular flexibility index (Phi) is 5.26. The molecule has 3 heteroatoms. The monoisotopic (exact) mass is 240 g/mol. The molecule has 2 unspecified atom stereocenters. The first-order chi connectivity index (χ1) is 8.31. The highest BCUT2D eigenvalue weighted by Gasteiger charge is 2.24. The topological polar surface area (TPSA) is 24.5 Å². The van der Waals surface area contributed by atoms with E-state index in [1.54, 1.807) is 0 Å². The molecule has 0 saturated carbocycles. The molecular weight excluding hydrogens is 212 g/mol. The maximum atomic E-state index is 5.42. The summed E-state index contributed by atoms with van der Waals surface area (Å²) in [5.74, 6) is 0.956. The van der Waals surface area contributed by atoms with Crippen LogP contribution in [0, 0.1) is 5.92 Å². The summed E-state index contributed by atoms with van der Waals surface area (Å²) in [5.41, 5.74) is 0. The zero-order valence-electron chi connectivity index (χ0n) is 11.5. The summed E-state index contributed by atoms with van der Waals surface area (Å²) in [6.07, 6.45) is 7.03. The lowest BCUT2D eigenvalue weighted by Gasteiger charge is -2.37. The molecule has 17 heavy (non-hydrogen) atoms. The van der Waals surface area contributed by atoms with E-state index < -0.39 is 0 Å². The molecule has 2 saturated heterocycles. The van der Waals surface area contributed by atoms with Gasteiger partial charge in [-0.2, -0.15) is 0 Å². The molecule has 100 valence electrons. The number of methoxy groups -OCH3 is 1. The number of nitrogens with one attached hydrogen (secondary N) is 1. The van der Waals surface area contributed by atoms with Gasteiger partial charge < -0.3 is 15.0 Å². The highest BCUT2D eigenvalue weighted by atomic mass is 16.5. The average Bonchev–Trinajstić information content (AvgIpc) is 2.40. The fourth-order valence-corrected chi connectivity index (χ4v) is 3.24. The van der Waals surface area contributed by atoms with Crippen molar-refractivity contribution in [1.29, 1.82) is 0 Å². The largest absolute Gasteiger partial charge is 0.381 e. The van der Waals surface area contributed by atoms with Crippen molar-refractivity contribution in [1.82, 2.24) is 10.2 Å². The molecule has 0 aliphatic carbocycles. The Morgan fingerprint density at radius 3 is 2.65 bits per heavy atom. The molecule has 2 rings (SSSR count). The van der Waals surface area contributed by atoms with Crippen LogP contribution in [0.1, 0.15) is 39.0 Å². The number of hydrogen-bond donors (Lipinski definition) is 1. The minimum Gasteiger partial charge on any atom is -0.381 e. The van der Waals surface area contributed by atoms with Gasteiger partial charge in [0.15, 0.2) is 0 Å². The SMILES string of the molecule is CCC1CCNC(CN2CCC(OC)CC2)C1. The smallest absolute Gasteiger partial charge is 0.0595 e. The quantitative estimate of drug-likeness (QED) is 0.812. The van der Waals surface area contributed by atoms with Crippen molar-refractivity contribution >= 4 is 0 Å². The van der Waals surface area contributed by atoms with E-state index in [1.807, 2.05) is 7.11 Å². The fourth-order valence-electron chi connectivity index (χ4n) is 3.24. The first-order valence-corrected chi connectivity index (χ1v) is 7.30. The lowest BCUT2D eigenvalue weighted by molar-refractivity contribution is 0.0364. The molecule has 0 aromatic carbocycles. The Morgan fingerprint density at radius 2 is 2.00 bits per heavy atom. The maximum Gasteiger partial charge on any atom is 0.0595 e. The number of ether oxygens (including phenoxy) is 1. The van der Waals surface area contributed by atoms with Crippen molar-refractivity contribution in [3.8, 4) is 0 Å². The molecule has 0 aromatic heterocycles. The van der Waals surface area contributed by atoms with Crippen LogP contribution in [0.15, 0.2) is 0 Å². The van der Waals surface area contributed by atoms with Gasteiger partial charge in [0, 0.05) is 32.8 Å². The van der Waals surface area contributed by atoms with Gasteiger partial charge in [-0.3, -0.25) is 0 Å². The van der Waals surface area contributed by atoms with E-state index in [0.717, 1.165) is 12.0 Å². The van der Waals surface area contributed by atoms with Crippen LogP contribution in [0.25, 0.3) is 0 Å². The average molecular weight is 240 g/mol.